The van der Waals surface area contributed by atoms with Gasteiger partial charge in [-0.05, 0) is 18.2 Å². The Kier molecular flexibility index (Phi) is 2.64. The largest absolute Gasteiger partial charge is 0.467 e. The van der Waals surface area contributed by atoms with Crippen LogP contribution >= 0.6 is 0 Å². The third-order valence-corrected chi connectivity index (χ3v) is 2.02. The van der Waals surface area contributed by atoms with Crippen molar-refractivity contribution in [1.82, 2.24) is 10.5 Å². The summed E-state index contributed by atoms with van der Waals surface area (Å²) in [7, 11) is 1.32. The van der Waals surface area contributed by atoms with E-state index in [0.29, 0.717) is 0 Å². The Morgan fingerprint density at radius 1 is 1.67 bits per heavy atom. The van der Waals surface area contributed by atoms with Crippen molar-refractivity contribution in [3.63, 3.8) is 0 Å². The van der Waals surface area contributed by atoms with E-state index in [9.17, 15) is 4.79 Å². The van der Waals surface area contributed by atoms with E-state index in [1.807, 2.05) is 12.1 Å². The van der Waals surface area contributed by atoms with Gasteiger partial charge >= 0.3 is 5.97 Å². The molecule has 1 aliphatic rings. The zero-order valence-corrected chi connectivity index (χ0v) is 8.14. The lowest BCUT2D eigenvalue weighted by Crippen LogP contribution is -2.22. The highest BCUT2D eigenvalue weighted by Crippen LogP contribution is 2.17. The van der Waals surface area contributed by atoms with Gasteiger partial charge in [0.1, 0.15) is 0 Å². The number of aromatic nitrogens is 1. The molecule has 0 aromatic carbocycles. The number of hydrogen-bond acceptors (Lipinski definition) is 5. The molecular formula is C10H10N2O3. The molecule has 0 aliphatic carbocycles. The maximum absolute atomic E-state index is 11.1. The van der Waals surface area contributed by atoms with Crippen molar-refractivity contribution in [3.8, 4) is 0 Å². The Hall–Kier alpha value is -1.88. The molecule has 0 bridgehead atoms. The average Bonchev–Trinajstić information content (AvgIpc) is 2.78. The highest BCUT2D eigenvalue weighted by atomic mass is 16.7. The average molecular weight is 206 g/mol. The second-order valence-corrected chi connectivity index (χ2v) is 2.99. The Morgan fingerprint density at radius 3 is 3.20 bits per heavy atom. The Balaban J connectivity index is 2.17. The smallest absolute Gasteiger partial charge is 0.341 e. The van der Waals surface area contributed by atoms with Crippen molar-refractivity contribution in [2.75, 3.05) is 7.11 Å². The maximum Gasteiger partial charge on any atom is 0.341 e. The van der Waals surface area contributed by atoms with Crippen molar-refractivity contribution in [2.45, 2.75) is 6.10 Å². The van der Waals surface area contributed by atoms with Gasteiger partial charge in [-0.3, -0.25) is 15.3 Å². The number of ether oxygens (including phenoxy) is 1. The highest BCUT2D eigenvalue weighted by molar-refractivity contribution is 5.81. The number of pyridine rings is 1. The van der Waals surface area contributed by atoms with Crippen molar-refractivity contribution in [1.29, 1.82) is 0 Å². The lowest BCUT2D eigenvalue weighted by Gasteiger charge is -2.04. The number of methoxy groups -OCH3 is 1. The molecule has 5 heteroatoms. The number of nitrogens with zero attached hydrogens (tertiary/aromatic N) is 1. The molecule has 1 aromatic heterocycles. The predicted molar refractivity (Wildman–Crippen MR) is 52.2 cm³/mol. The van der Waals surface area contributed by atoms with Crippen molar-refractivity contribution < 1.29 is 14.4 Å². The first-order valence-corrected chi connectivity index (χ1v) is 4.43. The highest BCUT2D eigenvalue weighted by Gasteiger charge is 2.24. The summed E-state index contributed by atoms with van der Waals surface area (Å²) < 4.78 is 4.55. The fourth-order valence-corrected chi connectivity index (χ4v) is 1.26. The van der Waals surface area contributed by atoms with Gasteiger partial charge in [-0.1, -0.05) is 0 Å². The molecule has 0 spiro atoms. The van der Waals surface area contributed by atoms with Crippen LogP contribution < -0.4 is 5.48 Å². The summed E-state index contributed by atoms with van der Waals surface area (Å²) in [5.41, 5.74) is 4.24. The molecule has 0 radical (unpaired) electrons. The fraction of sp³-hybridized carbons (Fsp3) is 0.200. The number of hydroxylamine groups is 1. The molecule has 1 aliphatic heterocycles. The van der Waals surface area contributed by atoms with Gasteiger partial charge in [-0.2, -0.15) is 0 Å². The normalized spacial score (nSPS) is 19.3. The second kappa shape index (κ2) is 4.10. The number of esters is 1. The maximum atomic E-state index is 11.1. The summed E-state index contributed by atoms with van der Waals surface area (Å²) in [6.45, 7) is 0. The van der Waals surface area contributed by atoms with Crippen LogP contribution in [0.3, 0.4) is 0 Å². The number of carbonyl (C=O) groups excluding carboxylic acids is 1. The molecule has 5 nitrogen and oxygen atoms in total. The van der Waals surface area contributed by atoms with Crippen LogP contribution in [0.5, 0.6) is 0 Å². The molecule has 2 rings (SSSR count). The Morgan fingerprint density at radius 2 is 2.53 bits per heavy atom. The lowest BCUT2D eigenvalue weighted by atomic mass is 10.2. The van der Waals surface area contributed by atoms with E-state index in [1.165, 1.54) is 7.11 Å². The first-order valence-electron chi connectivity index (χ1n) is 4.43. The predicted octanol–water partition coefficient (Wildman–Crippen LogP) is 0.499. The van der Waals surface area contributed by atoms with Crippen LogP contribution in [0.15, 0.2) is 30.6 Å². The first-order chi connectivity index (χ1) is 7.31. The zero-order valence-electron chi connectivity index (χ0n) is 8.14. The van der Waals surface area contributed by atoms with Crippen molar-refractivity contribution >= 4 is 11.7 Å². The van der Waals surface area contributed by atoms with E-state index in [0.717, 1.165) is 11.3 Å². The molecule has 0 saturated heterocycles. The molecular weight excluding hydrogens is 196 g/mol. The third kappa shape index (κ3) is 1.97. The molecule has 78 valence electrons. The SMILES string of the molecule is COC(=O)C1C=C(c2cccnc2)NO1. The summed E-state index contributed by atoms with van der Waals surface area (Å²) in [5, 5.41) is 0. The molecule has 1 aromatic rings. The van der Waals surface area contributed by atoms with Crippen LogP contribution in [-0.4, -0.2) is 24.2 Å². The summed E-state index contributed by atoms with van der Waals surface area (Å²) in [4.78, 5) is 20.1. The summed E-state index contributed by atoms with van der Waals surface area (Å²) in [6, 6.07) is 3.68. The van der Waals surface area contributed by atoms with Gasteiger partial charge in [-0.15, -0.1) is 0 Å². The van der Waals surface area contributed by atoms with Gasteiger partial charge < -0.3 is 4.74 Å². The van der Waals surface area contributed by atoms with Gasteiger partial charge in [0.05, 0.1) is 12.8 Å². The molecule has 1 atom stereocenters. The van der Waals surface area contributed by atoms with Crippen LogP contribution in [0.4, 0.5) is 0 Å². The van der Waals surface area contributed by atoms with Crippen LogP contribution in [0.1, 0.15) is 5.56 Å². The van der Waals surface area contributed by atoms with Gasteiger partial charge in [0.25, 0.3) is 0 Å². The van der Waals surface area contributed by atoms with Crippen LogP contribution in [0.2, 0.25) is 0 Å². The minimum atomic E-state index is -0.690. The zero-order chi connectivity index (χ0) is 10.7. The van der Waals surface area contributed by atoms with Gasteiger partial charge in [0, 0.05) is 18.0 Å². The molecule has 1 unspecified atom stereocenters. The number of nitrogens with one attached hydrogen (secondary N) is 1. The summed E-state index contributed by atoms with van der Waals surface area (Å²) in [6.07, 6.45) is 4.33. The van der Waals surface area contributed by atoms with Crippen LogP contribution in [0, 0.1) is 0 Å². The van der Waals surface area contributed by atoms with E-state index >= 15 is 0 Å². The van der Waals surface area contributed by atoms with E-state index in [-0.39, 0.29) is 0 Å². The van der Waals surface area contributed by atoms with Gasteiger partial charge in [0.2, 0.25) is 6.10 Å². The first kappa shape index (κ1) is 9.67. The van der Waals surface area contributed by atoms with E-state index in [1.54, 1.807) is 18.5 Å². The van der Waals surface area contributed by atoms with Gasteiger partial charge in [0.15, 0.2) is 0 Å². The molecule has 0 fully saturated rings. The van der Waals surface area contributed by atoms with E-state index < -0.39 is 12.1 Å². The summed E-state index contributed by atoms with van der Waals surface area (Å²) in [5.74, 6) is -0.429. The topological polar surface area (TPSA) is 60.5 Å². The quantitative estimate of drug-likeness (QED) is 0.714. The fourth-order valence-electron chi connectivity index (χ4n) is 1.26. The Bertz CT molecular complexity index is 389. The number of carbonyl (C=O) groups is 1. The van der Waals surface area contributed by atoms with E-state index in [2.05, 4.69) is 15.2 Å². The second-order valence-electron chi connectivity index (χ2n) is 2.99. The van der Waals surface area contributed by atoms with Crippen LogP contribution in [-0.2, 0) is 14.4 Å². The van der Waals surface area contributed by atoms with Crippen LogP contribution in [0.25, 0.3) is 5.70 Å². The standard InChI is InChI=1S/C10H10N2O3/c1-14-10(13)9-5-8(12-15-9)7-3-2-4-11-6-7/h2-6,9,12H,1H3. The van der Waals surface area contributed by atoms with Crippen molar-refractivity contribution in [2.24, 2.45) is 0 Å². The van der Waals surface area contributed by atoms with E-state index in [4.69, 9.17) is 4.84 Å². The minimum Gasteiger partial charge on any atom is -0.467 e. The molecule has 0 saturated carbocycles. The minimum absolute atomic E-state index is 0.429. The molecule has 0 amide bonds. The lowest BCUT2D eigenvalue weighted by molar-refractivity contribution is -0.152. The third-order valence-electron chi connectivity index (χ3n) is 2.02. The molecule has 15 heavy (non-hydrogen) atoms. The summed E-state index contributed by atoms with van der Waals surface area (Å²) >= 11 is 0. The number of hydrogen-bond donors (Lipinski definition) is 1. The Labute approximate surface area is 86.7 Å². The monoisotopic (exact) mass is 206 g/mol. The van der Waals surface area contributed by atoms with Crippen molar-refractivity contribution in [3.05, 3.63) is 36.2 Å². The molecule has 2 heterocycles. The number of rotatable bonds is 2. The molecule has 1 N–H and O–H groups in total. The van der Waals surface area contributed by atoms with Gasteiger partial charge in [-0.25, -0.2) is 4.79 Å².